The molecule has 0 aromatic carbocycles. The van der Waals surface area contributed by atoms with E-state index in [1.807, 2.05) is 13.8 Å². The zero-order valence-electron chi connectivity index (χ0n) is 10.3. The molecular formula is C12H17N5. The summed E-state index contributed by atoms with van der Waals surface area (Å²) in [5, 5.41) is 0. The number of aryl methyl sites for hydroxylation is 2. The Morgan fingerprint density at radius 2 is 1.76 bits per heavy atom. The van der Waals surface area contributed by atoms with Crippen LogP contribution in [-0.4, -0.2) is 33.0 Å². The highest BCUT2D eigenvalue weighted by Gasteiger charge is 2.18. The molecule has 0 atom stereocenters. The lowest BCUT2D eigenvalue weighted by molar-refractivity contribution is 0.574. The summed E-state index contributed by atoms with van der Waals surface area (Å²) >= 11 is 0. The summed E-state index contributed by atoms with van der Waals surface area (Å²) in [5.41, 5.74) is 1.77. The number of hydrogen-bond acceptors (Lipinski definition) is 4. The molecule has 5 heteroatoms. The van der Waals surface area contributed by atoms with Gasteiger partial charge < -0.3 is 9.88 Å². The number of fused-ring (bicyclic) bond motifs is 1. The van der Waals surface area contributed by atoms with Crippen molar-refractivity contribution in [2.45, 2.75) is 33.1 Å². The lowest BCUT2D eigenvalue weighted by Gasteiger charge is -2.27. The highest BCUT2D eigenvalue weighted by atomic mass is 15.2. The molecule has 2 aromatic rings. The van der Waals surface area contributed by atoms with Crippen LogP contribution in [0.1, 0.15) is 30.9 Å². The summed E-state index contributed by atoms with van der Waals surface area (Å²) < 4.78 is 0. The number of nitrogens with one attached hydrogen (secondary N) is 1. The molecule has 1 aliphatic heterocycles. The first-order valence-electron chi connectivity index (χ1n) is 6.20. The van der Waals surface area contributed by atoms with Gasteiger partial charge in [-0.3, -0.25) is 0 Å². The Balaban J connectivity index is 2.12. The van der Waals surface area contributed by atoms with Crippen molar-refractivity contribution in [3.8, 4) is 0 Å². The molecule has 1 aliphatic rings. The Bertz CT molecular complexity index is 539. The lowest BCUT2D eigenvalue weighted by Crippen LogP contribution is -2.30. The van der Waals surface area contributed by atoms with Crippen molar-refractivity contribution in [2.24, 2.45) is 0 Å². The number of aromatic amines is 1. The molecule has 0 saturated carbocycles. The van der Waals surface area contributed by atoms with Crippen molar-refractivity contribution in [1.82, 2.24) is 19.9 Å². The van der Waals surface area contributed by atoms with E-state index in [0.717, 1.165) is 41.7 Å². The Morgan fingerprint density at radius 1 is 1.00 bits per heavy atom. The number of piperidine rings is 1. The Labute approximate surface area is 100 Å². The molecule has 0 radical (unpaired) electrons. The first-order chi connectivity index (χ1) is 8.24. The number of H-pyrrole nitrogens is 1. The van der Waals surface area contributed by atoms with E-state index in [4.69, 9.17) is 0 Å². The van der Waals surface area contributed by atoms with E-state index in [1.54, 1.807) is 0 Å². The summed E-state index contributed by atoms with van der Waals surface area (Å²) in [4.78, 5) is 19.0. The number of aromatic nitrogens is 4. The van der Waals surface area contributed by atoms with Gasteiger partial charge in [0.25, 0.3) is 0 Å². The van der Waals surface area contributed by atoms with Gasteiger partial charge in [0.1, 0.15) is 17.2 Å². The van der Waals surface area contributed by atoms with E-state index < -0.39 is 0 Å². The fourth-order valence-electron chi connectivity index (χ4n) is 2.44. The third-order valence-electron chi connectivity index (χ3n) is 3.22. The van der Waals surface area contributed by atoms with Crippen molar-refractivity contribution in [3.05, 3.63) is 11.6 Å². The van der Waals surface area contributed by atoms with Crippen molar-refractivity contribution in [2.75, 3.05) is 18.0 Å². The topological polar surface area (TPSA) is 57.7 Å². The van der Waals surface area contributed by atoms with Gasteiger partial charge in [0.15, 0.2) is 11.5 Å². The molecule has 0 amide bonds. The third-order valence-corrected chi connectivity index (χ3v) is 3.22. The number of imidazole rings is 1. The summed E-state index contributed by atoms with van der Waals surface area (Å²) in [5.74, 6) is 2.72. The van der Waals surface area contributed by atoms with E-state index in [0.29, 0.717) is 0 Å². The van der Waals surface area contributed by atoms with Crippen LogP contribution in [0, 0.1) is 13.8 Å². The Kier molecular flexibility index (Phi) is 2.46. The number of anilines is 1. The second kappa shape index (κ2) is 3.98. The minimum Gasteiger partial charge on any atom is -0.355 e. The number of rotatable bonds is 1. The summed E-state index contributed by atoms with van der Waals surface area (Å²) in [6, 6.07) is 0. The predicted octanol–water partition coefficient (Wildman–Crippen LogP) is 1.96. The molecule has 1 saturated heterocycles. The predicted molar refractivity (Wildman–Crippen MR) is 67.2 cm³/mol. The van der Waals surface area contributed by atoms with Crippen LogP contribution >= 0.6 is 0 Å². The molecule has 3 heterocycles. The average molecular weight is 231 g/mol. The molecule has 17 heavy (non-hydrogen) atoms. The number of hydrogen-bond donors (Lipinski definition) is 1. The van der Waals surface area contributed by atoms with Crippen LogP contribution < -0.4 is 4.90 Å². The van der Waals surface area contributed by atoms with Crippen molar-refractivity contribution < 1.29 is 0 Å². The first kappa shape index (κ1) is 10.5. The van der Waals surface area contributed by atoms with Gasteiger partial charge in [-0.25, -0.2) is 15.0 Å². The Hall–Kier alpha value is -1.65. The van der Waals surface area contributed by atoms with Crippen molar-refractivity contribution in [3.63, 3.8) is 0 Å². The molecular weight excluding hydrogens is 214 g/mol. The van der Waals surface area contributed by atoms with Gasteiger partial charge >= 0.3 is 0 Å². The molecule has 2 aromatic heterocycles. The molecule has 0 unspecified atom stereocenters. The van der Waals surface area contributed by atoms with E-state index in [2.05, 4.69) is 24.8 Å². The molecule has 1 N–H and O–H groups in total. The lowest BCUT2D eigenvalue weighted by atomic mass is 10.1. The molecule has 3 rings (SSSR count). The monoisotopic (exact) mass is 231 g/mol. The molecule has 0 aliphatic carbocycles. The van der Waals surface area contributed by atoms with E-state index in [1.165, 1.54) is 19.3 Å². The normalized spacial score (nSPS) is 16.7. The molecule has 5 nitrogen and oxygen atoms in total. The minimum absolute atomic E-state index is 0.788. The fourth-order valence-corrected chi connectivity index (χ4v) is 2.44. The molecule has 90 valence electrons. The van der Waals surface area contributed by atoms with Gasteiger partial charge in [-0.2, -0.15) is 0 Å². The van der Waals surface area contributed by atoms with Crippen LogP contribution in [0.2, 0.25) is 0 Å². The first-order valence-corrected chi connectivity index (χ1v) is 6.20. The van der Waals surface area contributed by atoms with E-state index in [-0.39, 0.29) is 0 Å². The molecule has 0 bridgehead atoms. The fraction of sp³-hybridized carbons (Fsp3) is 0.583. The number of nitrogens with zero attached hydrogens (tertiary/aromatic N) is 4. The van der Waals surface area contributed by atoms with Crippen LogP contribution in [0.4, 0.5) is 5.82 Å². The van der Waals surface area contributed by atoms with E-state index >= 15 is 0 Å². The van der Waals surface area contributed by atoms with Crippen LogP contribution in [0.5, 0.6) is 0 Å². The van der Waals surface area contributed by atoms with Crippen LogP contribution in [0.25, 0.3) is 11.2 Å². The van der Waals surface area contributed by atoms with Crippen LogP contribution in [-0.2, 0) is 0 Å². The maximum Gasteiger partial charge on any atom is 0.183 e. The van der Waals surface area contributed by atoms with Crippen LogP contribution in [0.15, 0.2) is 0 Å². The van der Waals surface area contributed by atoms with Gasteiger partial charge in [-0.05, 0) is 33.1 Å². The molecule has 0 spiro atoms. The van der Waals surface area contributed by atoms with E-state index in [9.17, 15) is 0 Å². The summed E-state index contributed by atoms with van der Waals surface area (Å²) in [7, 11) is 0. The molecule has 1 fully saturated rings. The summed E-state index contributed by atoms with van der Waals surface area (Å²) in [6.45, 7) is 6.06. The van der Waals surface area contributed by atoms with Gasteiger partial charge in [-0.1, -0.05) is 0 Å². The smallest absolute Gasteiger partial charge is 0.183 e. The largest absolute Gasteiger partial charge is 0.355 e. The SMILES string of the molecule is Cc1nc(N2CCCCC2)c2[nH]c(C)nc2n1. The van der Waals surface area contributed by atoms with Gasteiger partial charge in [0.2, 0.25) is 0 Å². The highest BCUT2D eigenvalue weighted by molar-refractivity contribution is 5.83. The second-order valence-corrected chi connectivity index (χ2v) is 4.66. The highest BCUT2D eigenvalue weighted by Crippen LogP contribution is 2.24. The third kappa shape index (κ3) is 1.85. The quantitative estimate of drug-likeness (QED) is 0.815. The zero-order valence-corrected chi connectivity index (χ0v) is 10.3. The van der Waals surface area contributed by atoms with Gasteiger partial charge in [0, 0.05) is 13.1 Å². The second-order valence-electron chi connectivity index (χ2n) is 4.66. The zero-order chi connectivity index (χ0) is 11.8. The van der Waals surface area contributed by atoms with Gasteiger partial charge in [-0.15, -0.1) is 0 Å². The average Bonchev–Trinajstić information content (AvgIpc) is 2.69. The standard InChI is InChI=1S/C12H17N5/c1-8-13-10-11(14-8)15-9(2)16-12(10)17-6-4-3-5-7-17/h3-7H2,1-2H3,(H,13,14,15,16). The summed E-state index contributed by atoms with van der Waals surface area (Å²) in [6.07, 6.45) is 3.82. The maximum atomic E-state index is 4.58. The maximum absolute atomic E-state index is 4.58. The Morgan fingerprint density at radius 3 is 2.53 bits per heavy atom. The minimum atomic E-state index is 0.788. The van der Waals surface area contributed by atoms with Gasteiger partial charge in [0.05, 0.1) is 0 Å². The van der Waals surface area contributed by atoms with Crippen LogP contribution in [0.3, 0.4) is 0 Å². The van der Waals surface area contributed by atoms with Crippen molar-refractivity contribution in [1.29, 1.82) is 0 Å². The van der Waals surface area contributed by atoms with Crippen molar-refractivity contribution >= 4 is 17.0 Å².